The number of urea groups is 2. The molecule has 0 fully saturated rings. The van der Waals surface area contributed by atoms with Gasteiger partial charge < -0.3 is 11.5 Å². The molecule has 0 aromatic heterocycles. The number of primary amides is 2. The van der Waals surface area contributed by atoms with Gasteiger partial charge in [0.25, 0.3) is 0 Å². The van der Waals surface area contributed by atoms with Gasteiger partial charge in [0.1, 0.15) is 4.91 Å². The third-order valence-corrected chi connectivity index (χ3v) is 0.442. The van der Waals surface area contributed by atoms with Crippen LogP contribution in [0.4, 0.5) is 9.59 Å². The average Bonchev–Trinajstić information content (AvgIpc) is 1.96. The number of carbonyl (C=O) groups is 2. The van der Waals surface area contributed by atoms with Crippen LogP contribution in [0.3, 0.4) is 0 Å². The molecule has 0 saturated carbocycles. The molecular formula is C2H7KN5O5+. The van der Waals surface area contributed by atoms with E-state index in [0.29, 0.717) is 0 Å². The maximum atomic E-state index is 10.2. The van der Waals surface area contributed by atoms with E-state index in [1.54, 1.807) is 0 Å². The molecule has 0 aromatic rings. The third kappa shape index (κ3) is 11.4. The number of amides is 4. The van der Waals surface area contributed by atoms with E-state index in [4.69, 9.17) is 0 Å². The van der Waals surface area contributed by atoms with Gasteiger partial charge in [0.2, 0.25) is 0 Å². The van der Waals surface area contributed by atoms with Gasteiger partial charge in [-0.3, -0.25) is 0 Å². The standard InChI is InChI=1S/C2H5N5O5.K.H/c3-1(8)5-11-7(10)12-6-2(4)9;;/h(H5-,3,4,5,6,8,9);;/p+1. The monoisotopic (exact) mass is 220 g/mol. The molecule has 4 amide bonds. The first kappa shape index (κ1) is 14.9. The van der Waals surface area contributed by atoms with E-state index in [-0.39, 0.29) is 51.4 Å². The molecule has 13 heavy (non-hydrogen) atoms. The number of nitrogens with zero attached hydrogens (tertiary/aromatic N) is 1. The van der Waals surface area contributed by atoms with Crippen LogP contribution in [0.25, 0.3) is 0 Å². The first-order valence-electron chi connectivity index (χ1n) is 2.44. The van der Waals surface area contributed by atoms with Crippen LogP contribution in [0.5, 0.6) is 0 Å². The minimum absolute atomic E-state index is 0. The number of hydroxylamine groups is 2. The number of hydrogen-bond donors (Lipinski definition) is 4. The molecule has 0 heterocycles. The molecular weight excluding hydrogens is 213 g/mol. The van der Waals surface area contributed by atoms with Crippen LogP contribution in [0.1, 0.15) is 0 Å². The SMILES string of the molecule is NC(=O)NO[N+](=O)ONC(N)=O.[KH]. The second-order valence-electron chi connectivity index (χ2n) is 1.34. The van der Waals surface area contributed by atoms with E-state index in [0.717, 1.165) is 0 Å². The summed E-state index contributed by atoms with van der Waals surface area (Å²) in [5.41, 5.74) is 11.8. The zero-order chi connectivity index (χ0) is 9.56. The summed E-state index contributed by atoms with van der Waals surface area (Å²) in [6, 6.07) is -2.22. The van der Waals surface area contributed by atoms with E-state index in [9.17, 15) is 14.5 Å². The normalized spacial score (nSPS) is 7.38. The van der Waals surface area contributed by atoms with Gasteiger partial charge in [-0.2, -0.15) is 0 Å². The molecule has 0 aliphatic rings. The molecule has 0 radical (unpaired) electrons. The Kier molecular flexibility index (Phi) is 9.15. The maximum absolute atomic E-state index is 10.2. The van der Waals surface area contributed by atoms with E-state index in [2.05, 4.69) is 21.3 Å². The van der Waals surface area contributed by atoms with E-state index >= 15 is 0 Å². The summed E-state index contributed by atoms with van der Waals surface area (Å²) in [6.07, 6.45) is 0. The first-order chi connectivity index (χ1) is 5.52. The van der Waals surface area contributed by atoms with Crippen molar-refractivity contribution >= 4 is 63.4 Å². The molecule has 0 atom stereocenters. The molecule has 0 aliphatic heterocycles. The quantitative estimate of drug-likeness (QED) is 0.297. The Morgan fingerprint density at radius 3 is 1.62 bits per heavy atom. The number of nitrogens with two attached hydrogens (primary N) is 2. The van der Waals surface area contributed by atoms with E-state index in [1.165, 1.54) is 11.0 Å². The number of hydrogen-bond acceptors (Lipinski definition) is 5. The Bertz CT molecular complexity index is 187. The zero-order valence-electron chi connectivity index (χ0n) is 5.64. The molecule has 0 saturated heterocycles. The van der Waals surface area contributed by atoms with Gasteiger partial charge in [0.05, 0.1) is 0 Å². The second kappa shape index (κ2) is 8.00. The predicted octanol–water partition coefficient (Wildman–Crippen LogP) is -2.85. The molecule has 0 bridgehead atoms. The molecule has 0 aromatic carbocycles. The van der Waals surface area contributed by atoms with Crippen molar-refractivity contribution in [3.63, 3.8) is 0 Å². The van der Waals surface area contributed by atoms with Crippen molar-refractivity contribution in [2.75, 3.05) is 0 Å². The van der Waals surface area contributed by atoms with Gasteiger partial charge in [0.15, 0.2) is 0 Å². The van der Waals surface area contributed by atoms with Gasteiger partial charge in [-0.25, -0.2) is 9.59 Å². The summed E-state index contributed by atoms with van der Waals surface area (Å²) in [4.78, 5) is 37.4. The summed E-state index contributed by atoms with van der Waals surface area (Å²) < 4.78 is 0. The van der Waals surface area contributed by atoms with Crippen molar-refractivity contribution in [2.45, 2.75) is 0 Å². The summed E-state index contributed by atoms with van der Waals surface area (Å²) in [5.74, 6) is 0. The van der Waals surface area contributed by atoms with Crippen molar-refractivity contribution < 1.29 is 24.6 Å². The number of nitrogens with one attached hydrogen (secondary N) is 2. The van der Waals surface area contributed by atoms with Gasteiger partial charge in [-0.15, -0.1) is 0 Å². The molecule has 0 spiro atoms. The van der Waals surface area contributed by atoms with E-state index < -0.39 is 17.1 Å². The van der Waals surface area contributed by atoms with Gasteiger partial charge in [-0.05, 0) is 9.88 Å². The fraction of sp³-hybridized carbons (Fsp3) is 0. The molecule has 70 valence electrons. The van der Waals surface area contributed by atoms with Crippen LogP contribution in [-0.4, -0.2) is 68.5 Å². The molecule has 11 heteroatoms. The second-order valence-corrected chi connectivity index (χ2v) is 1.34. The van der Waals surface area contributed by atoms with Crippen LogP contribution in [0.2, 0.25) is 0 Å². The molecule has 0 aliphatic carbocycles. The Morgan fingerprint density at radius 1 is 1.08 bits per heavy atom. The zero-order valence-corrected chi connectivity index (χ0v) is 5.64. The molecule has 0 unspecified atom stereocenters. The number of carbonyl (C=O) groups excluding carboxylic acids is 2. The topological polar surface area (TPSA) is 149 Å². The molecule has 6 N–H and O–H groups in total. The Balaban J connectivity index is 0. The molecule has 10 nitrogen and oxygen atoms in total. The van der Waals surface area contributed by atoms with Crippen LogP contribution >= 0.6 is 0 Å². The Morgan fingerprint density at radius 2 is 1.38 bits per heavy atom. The van der Waals surface area contributed by atoms with Crippen molar-refractivity contribution in [3.05, 3.63) is 4.91 Å². The Labute approximate surface area is 114 Å². The van der Waals surface area contributed by atoms with E-state index in [1.807, 2.05) is 0 Å². The predicted molar refractivity (Wildman–Crippen MR) is 38.4 cm³/mol. The van der Waals surface area contributed by atoms with Gasteiger partial charge in [0, 0.05) is 0 Å². The van der Waals surface area contributed by atoms with Crippen LogP contribution in [-0.2, 0) is 9.88 Å². The third-order valence-electron chi connectivity index (χ3n) is 0.442. The average molecular weight is 220 g/mol. The number of rotatable bonds is 4. The van der Waals surface area contributed by atoms with Crippen LogP contribution in [0, 0.1) is 4.91 Å². The summed E-state index contributed by atoms with van der Waals surface area (Å²) in [7, 11) is 0. The summed E-state index contributed by atoms with van der Waals surface area (Å²) in [5, 5.41) is -0.629. The fourth-order valence-corrected chi connectivity index (χ4v) is 0.183. The Hall–Kier alpha value is -0.624. The van der Waals surface area contributed by atoms with Crippen molar-refractivity contribution in [1.29, 1.82) is 0 Å². The van der Waals surface area contributed by atoms with Crippen molar-refractivity contribution in [1.82, 2.24) is 11.0 Å². The van der Waals surface area contributed by atoms with Crippen LogP contribution < -0.4 is 22.4 Å². The van der Waals surface area contributed by atoms with Gasteiger partial charge in [-0.1, -0.05) is 11.0 Å². The first-order valence-corrected chi connectivity index (χ1v) is 2.44. The summed E-state index contributed by atoms with van der Waals surface area (Å²) >= 11 is 0. The van der Waals surface area contributed by atoms with Crippen LogP contribution in [0.15, 0.2) is 0 Å². The van der Waals surface area contributed by atoms with Crippen molar-refractivity contribution in [3.8, 4) is 0 Å². The van der Waals surface area contributed by atoms with Crippen molar-refractivity contribution in [2.24, 2.45) is 11.5 Å². The fourth-order valence-electron chi connectivity index (χ4n) is 0.183. The van der Waals surface area contributed by atoms with Gasteiger partial charge >= 0.3 is 68.5 Å². The minimum atomic E-state index is -1.11. The summed E-state index contributed by atoms with van der Waals surface area (Å²) in [6.45, 7) is 0. The molecule has 0 rings (SSSR count).